The van der Waals surface area contributed by atoms with Crippen LogP contribution in [0.5, 0.6) is 0 Å². The lowest BCUT2D eigenvalue weighted by Gasteiger charge is -2.15. The van der Waals surface area contributed by atoms with Crippen molar-refractivity contribution < 1.29 is 0 Å². The van der Waals surface area contributed by atoms with Gasteiger partial charge in [-0.25, -0.2) is 4.98 Å². The average Bonchev–Trinajstić information content (AvgIpc) is 3.06. The van der Waals surface area contributed by atoms with Crippen LogP contribution in [0.25, 0.3) is 0 Å². The second-order valence-corrected chi connectivity index (χ2v) is 5.27. The van der Waals surface area contributed by atoms with Crippen LogP contribution in [0.1, 0.15) is 36.9 Å². The highest BCUT2D eigenvalue weighted by atomic mass is 15.2. The Morgan fingerprint density at radius 1 is 1.26 bits per heavy atom. The maximum Gasteiger partial charge on any atom is 0.203 e. The molecule has 4 heteroatoms. The van der Waals surface area contributed by atoms with E-state index in [1.807, 2.05) is 24.7 Å². The average molecular weight is 256 g/mol. The molecule has 0 atom stereocenters. The van der Waals surface area contributed by atoms with Crippen LogP contribution in [0.2, 0.25) is 0 Å². The van der Waals surface area contributed by atoms with Gasteiger partial charge in [0.15, 0.2) is 0 Å². The van der Waals surface area contributed by atoms with Gasteiger partial charge in [0, 0.05) is 24.6 Å². The summed E-state index contributed by atoms with van der Waals surface area (Å²) in [5.74, 6) is 0.969. The Balaban J connectivity index is 1.74. The van der Waals surface area contributed by atoms with Gasteiger partial charge in [0.1, 0.15) is 0 Å². The van der Waals surface area contributed by atoms with Crippen molar-refractivity contribution in [3.8, 4) is 0 Å². The summed E-state index contributed by atoms with van der Waals surface area (Å²) < 4.78 is 2.15. The summed E-state index contributed by atoms with van der Waals surface area (Å²) in [7, 11) is 0. The van der Waals surface area contributed by atoms with E-state index in [2.05, 4.69) is 32.8 Å². The van der Waals surface area contributed by atoms with Crippen LogP contribution in [-0.2, 0) is 6.54 Å². The zero-order valence-electron chi connectivity index (χ0n) is 11.3. The van der Waals surface area contributed by atoms with E-state index in [-0.39, 0.29) is 0 Å². The number of nitrogens with zero attached hydrogens (tertiary/aromatic N) is 3. The molecule has 2 aromatic heterocycles. The number of hydrogen-bond acceptors (Lipinski definition) is 3. The SMILES string of the molecule is Cc1cccnc1Cn1ccnc1NC1CCCC1. The van der Waals surface area contributed by atoms with Crippen LogP contribution in [0.4, 0.5) is 5.95 Å². The normalized spacial score (nSPS) is 15.8. The Morgan fingerprint density at radius 3 is 2.89 bits per heavy atom. The molecule has 4 nitrogen and oxygen atoms in total. The van der Waals surface area contributed by atoms with Gasteiger partial charge in [0.2, 0.25) is 5.95 Å². The Morgan fingerprint density at radius 2 is 2.11 bits per heavy atom. The fourth-order valence-electron chi connectivity index (χ4n) is 2.67. The standard InChI is InChI=1S/C15H20N4/c1-12-5-4-8-16-14(12)11-19-10-9-17-15(19)18-13-6-2-3-7-13/h4-5,8-10,13H,2-3,6-7,11H2,1H3,(H,17,18). The third-order valence-electron chi connectivity index (χ3n) is 3.84. The minimum Gasteiger partial charge on any atom is -0.353 e. The van der Waals surface area contributed by atoms with Gasteiger partial charge < -0.3 is 9.88 Å². The number of hydrogen-bond donors (Lipinski definition) is 1. The van der Waals surface area contributed by atoms with Gasteiger partial charge in [-0.1, -0.05) is 18.9 Å². The molecule has 2 aromatic rings. The van der Waals surface area contributed by atoms with E-state index < -0.39 is 0 Å². The van der Waals surface area contributed by atoms with Gasteiger partial charge in [-0.15, -0.1) is 0 Å². The lowest BCUT2D eigenvalue weighted by molar-refractivity contribution is 0.709. The maximum absolute atomic E-state index is 4.45. The summed E-state index contributed by atoms with van der Waals surface area (Å²) in [5, 5.41) is 3.55. The van der Waals surface area contributed by atoms with E-state index >= 15 is 0 Å². The van der Waals surface area contributed by atoms with Crippen LogP contribution in [0.3, 0.4) is 0 Å². The number of nitrogens with one attached hydrogen (secondary N) is 1. The van der Waals surface area contributed by atoms with Crippen molar-refractivity contribution in [2.24, 2.45) is 0 Å². The zero-order chi connectivity index (χ0) is 13.1. The zero-order valence-corrected chi connectivity index (χ0v) is 11.3. The molecule has 1 saturated carbocycles. The summed E-state index contributed by atoms with van der Waals surface area (Å²) >= 11 is 0. The van der Waals surface area contributed by atoms with Crippen LogP contribution >= 0.6 is 0 Å². The Hall–Kier alpha value is -1.84. The molecule has 0 saturated heterocycles. The van der Waals surface area contributed by atoms with Gasteiger partial charge in [-0.2, -0.15) is 0 Å². The number of imidazole rings is 1. The summed E-state index contributed by atoms with van der Waals surface area (Å²) in [6.07, 6.45) is 10.9. The first kappa shape index (κ1) is 12.2. The van der Waals surface area contributed by atoms with E-state index in [0.29, 0.717) is 6.04 Å². The molecule has 0 unspecified atom stereocenters. The fourth-order valence-corrected chi connectivity index (χ4v) is 2.67. The van der Waals surface area contributed by atoms with Gasteiger partial charge in [-0.3, -0.25) is 4.98 Å². The second kappa shape index (κ2) is 5.43. The minimum absolute atomic E-state index is 0.589. The molecule has 0 aromatic carbocycles. The molecule has 1 aliphatic carbocycles. The quantitative estimate of drug-likeness (QED) is 0.914. The van der Waals surface area contributed by atoms with Gasteiger partial charge >= 0.3 is 0 Å². The number of rotatable bonds is 4. The topological polar surface area (TPSA) is 42.7 Å². The van der Waals surface area contributed by atoms with Crippen molar-refractivity contribution in [3.63, 3.8) is 0 Å². The monoisotopic (exact) mass is 256 g/mol. The van der Waals surface area contributed by atoms with Crippen LogP contribution in [0, 0.1) is 6.92 Å². The molecule has 3 rings (SSSR count). The lowest BCUT2D eigenvalue weighted by atomic mass is 10.2. The molecule has 2 heterocycles. The predicted octanol–water partition coefficient (Wildman–Crippen LogP) is 2.99. The third-order valence-corrected chi connectivity index (χ3v) is 3.84. The van der Waals surface area contributed by atoms with E-state index in [9.17, 15) is 0 Å². The first-order valence-corrected chi connectivity index (χ1v) is 7.01. The van der Waals surface area contributed by atoms with Crippen LogP contribution < -0.4 is 5.32 Å². The number of aryl methyl sites for hydroxylation is 1. The molecular formula is C15H20N4. The maximum atomic E-state index is 4.45. The number of anilines is 1. The van der Waals surface area contributed by atoms with E-state index in [4.69, 9.17) is 0 Å². The molecule has 0 bridgehead atoms. The van der Waals surface area contributed by atoms with Gasteiger partial charge in [0.25, 0.3) is 0 Å². The molecular weight excluding hydrogens is 236 g/mol. The lowest BCUT2D eigenvalue weighted by Crippen LogP contribution is -2.18. The van der Waals surface area contributed by atoms with Crippen LogP contribution in [0.15, 0.2) is 30.7 Å². The van der Waals surface area contributed by atoms with Crippen molar-refractivity contribution in [3.05, 3.63) is 42.0 Å². The van der Waals surface area contributed by atoms with Crippen molar-refractivity contribution >= 4 is 5.95 Å². The summed E-state index contributed by atoms with van der Waals surface area (Å²) in [4.78, 5) is 8.88. The summed E-state index contributed by atoms with van der Waals surface area (Å²) in [5.41, 5.74) is 2.33. The molecule has 1 N–H and O–H groups in total. The molecule has 0 amide bonds. The summed E-state index contributed by atoms with van der Waals surface area (Å²) in [6, 6.07) is 4.67. The molecule has 0 aliphatic heterocycles. The highest BCUT2D eigenvalue weighted by Crippen LogP contribution is 2.22. The Labute approximate surface area is 113 Å². The summed E-state index contributed by atoms with van der Waals surface area (Å²) in [6.45, 7) is 2.88. The van der Waals surface area contributed by atoms with E-state index in [1.54, 1.807) is 0 Å². The fraction of sp³-hybridized carbons (Fsp3) is 0.467. The molecule has 100 valence electrons. The van der Waals surface area contributed by atoms with Crippen molar-refractivity contribution in [2.45, 2.75) is 45.2 Å². The van der Waals surface area contributed by atoms with E-state index in [0.717, 1.165) is 18.2 Å². The Bertz CT molecular complexity index is 541. The number of aromatic nitrogens is 3. The smallest absolute Gasteiger partial charge is 0.203 e. The van der Waals surface area contributed by atoms with E-state index in [1.165, 1.54) is 31.2 Å². The largest absolute Gasteiger partial charge is 0.353 e. The first-order valence-electron chi connectivity index (χ1n) is 7.01. The predicted molar refractivity (Wildman–Crippen MR) is 76.2 cm³/mol. The number of pyridine rings is 1. The molecule has 19 heavy (non-hydrogen) atoms. The third kappa shape index (κ3) is 2.78. The molecule has 1 fully saturated rings. The van der Waals surface area contributed by atoms with Crippen molar-refractivity contribution in [1.29, 1.82) is 0 Å². The van der Waals surface area contributed by atoms with Crippen molar-refractivity contribution in [1.82, 2.24) is 14.5 Å². The Kier molecular flexibility index (Phi) is 3.49. The van der Waals surface area contributed by atoms with Gasteiger partial charge in [-0.05, 0) is 31.4 Å². The van der Waals surface area contributed by atoms with Crippen LogP contribution in [-0.4, -0.2) is 20.6 Å². The molecule has 1 aliphatic rings. The van der Waals surface area contributed by atoms with Crippen molar-refractivity contribution in [2.75, 3.05) is 5.32 Å². The second-order valence-electron chi connectivity index (χ2n) is 5.27. The molecule has 0 radical (unpaired) electrons. The highest BCUT2D eigenvalue weighted by molar-refractivity contribution is 5.30. The highest BCUT2D eigenvalue weighted by Gasteiger charge is 2.16. The molecule has 0 spiro atoms. The van der Waals surface area contributed by atoms with Gasteiger partial charge in [0.05, 0.1) is 12.2 Å². The first-order chi connectivity index (χ1) is 9.33. The minimum atomic E-state index is 0.589.